The fourth-order valence-corrected chi connectivity index (χ4v) is 3.62. The number of pyridine rings is 1. The highest BCUT2D eigenvalue weighted by molar-refractivity contribution is 5.74. The van der Waals surface area contributed by atoms with Crippen LogP contribution in [0.25, 0.3) is 11.4 Å². The number of nitrogens with one attached hydrogen (secondary N) is 1. The van der Waals surface area contributed by atoms with E-state index in [2.05, 4.69) is 34.6 Å². The number of nitrogens with zero attached hydrogens (tertiary/aromatic N) is 4. The molecule has 0 spiro atoms. The Morgan fingerprint density at radius 1 is 1.10 bits per heavy atom. The maximum absolute atomic E-state index is 11.9. The molecule has 0 saturated carbocycles. The minimum absolute atomic E-state index is 0.0806. The molecule has 1 aromatic carbocycles. The Morgan fingerprint density at radius 2 is 1.90 bits per heavy atom. The number of amides is 1. The van der Waals surface area contributed by atoms with Crippen molar-refractivity contribution in [3.05, 3.63) is 71.7 Å². The number of anilines is 1. The summed E-state index contributed by atoms with van der Waals surface area (Å²) in [7, 11) is 0. The zero-order valence-corrected chi connectivity index (χ0v) is 16.6. The SMILES string of the molecule is CC(=O)N1CCc2c(nc(-c3ccncc3)nc2NCCCc2ccccc2)C1. The molecule has 0 bridgehead atoms. The largest absolute Gasteiger partial charge is 0.370 e. The minimum atomic E-state index is 0.0806. The van der Waals surface area contributed by atoms with Crippen LogP contribution in [-0.4, -0.2) is 38.8 Å². The number of rotatable bonds is 6. The molecular formula is C23H25N5O. The Balaban J connectivity index is 1.55. The van der Waals surface area contributed by atoms with Gasteiger partial charge in [0.05, 0.1) is 12.2 Å². The molecule has 0 atom stereocenters. The van der Waals surface area contributed by atoms with Crippen molar-refractivity contribution in [3.63, 3.8) is 0 Å². The first-order valence-corrected chi connectivity index (χ1v) is 10.0. The van der Waals surface area contributed by atoms with E-state index in [-0.39, 0.29) is 5.91 Å². The first kappa shape index (κ1) is 19.1. The molecule has 1 aliphatic rings. The van der Waals surface area contributed by atoms with Crippen molar-refractivity contribution >= 4 is 11.7 Å². The van der Waals surface area contributed by atoms with E-state index in [1.165, 1.54) is 5.56 Å². The van der Waals surface area contributed by atoms with E-state index >= 15 is 0 Å². The van der Waals surface area contributed by atoms with E-state index in [1.807, 2.05) is 23.1 Å². The van der Waals surface area contributed by atoms with Crippen LogP contribution >= 0.6 is 0 Å². The smallest absolute Gasteiger partial charge is 0.219 e. The highest BCUT2D eigenvalue weighted by Gasteiger charge is 2.24. The molecule has 2 aromatic heterocycles. The lowest BCUT2D eigenvalue weighted by Crippen LogP contribution is -2.35. The molecule has 0 aliphatic carbocycles. The maximum atomic E-state index is 11.9. The van der Waals surface area contributed by atoms with E-state index in [0.717, 1.165) is 48.4 Å². The third kappa shape index (κ3) is 4.59. The second-order valence-electron chi connectivity index (χ2n) is 7.26. The molecule has 1 amide bonds. The Morgan fingerprint density at radius 3 is 2.66 bits per heavy atom. The third-order valence-corrected chi connectivity index (χ3v) is 5.23. The summed E-state index contributed by atoms with van der Waals surface area (Å²) in [5, 5.41) is 3.53. The lowest BCUT2D eigenvalue weighted by atomic mass is 10.0. The molecule has 6 nitrogen and oxygen atoms in total. The van der Waals surface area contributed by atoms with Crippen LogP contribution in [0.5, 0.6) is 0 Å². The van der Waals surface area contributed by atoms with Gasteiger partial charge >= 0.3 is 0 Å². The van der Waals surface area contributed by atoms with Crippen molar-refractivity contribution in [2.24, 2.45) is 0 Å². The minimum Gasteiger partial charge on any atom is -0.370 e. The molecule has 0 unspecified atom stereocenters. The van der Waals surface area contributed by atoms with Crippen LogP contribution in [0.4, 0.5) is 5.82 Å². The van der Waals surface area contributed by atoms with Crippen molar-refractivity contribution in [2.45, 2.75) is 32.7 Å². The number of aryl methyl sites for hydroxylation is 1. The Hall–Kier alpha value is -3.28. The molecular weight excluding hydrogens is 362 g/mol. The summed E-state index contributed by atoms with van der Waals surface area (Å²) in [6.45, 7) is 3.69. The lowest BCUT2D eigenvalue weighted by molar-refractivity contribution is -0.129. The van der Waals surface area contributed by atoms with Gasteiger partial charge in [-0.15, -0.1) is 0 Å². The molecule has 6 heteroatoms. The molecule has 4 rings (SSSR count). The van der Waals surface area contributed by atoms with Gasteiger partial charge in [-0.05, 0) is 37.0 Å². The van der Waals surface area contributed by atoms with E-state index in [1.54, 1.807) is 19.3 Å². The van der Waals surface area contributed by atoms with E-state index in [4.69, 9.17) is 9.97 Å². The second-order valence-corrected chi connectivity index (χ2v) is 7.26. The Bertz CT molecular complexity index is 975. The Labute approximate surface area is 171 Å². The van der Waals surface area contributed by atoms with Crippen LogP contribution in [0.2, 0.25) is 0 Å². The van der Waals surface area contributed by atoms with Crippen molar-refractivity contribution < 1.29 is 4.79 Å². The van der Waals surface area contributed by atoms with Gasteiger partial charge in [-0.3, -0.25) is 9.78 Å². The molecule has 3 aromatic rings. The van der Waals surface area contributed by atoms with Crippen molar-refractivity contribution in [1.29, 1.82) is 0 Å². The number of aromatic nitrogens is 3. The predicted octanol–water partition coefficient (Wildman–Crippen LogP) is 3.49. The molecule has 0 fully saturated rings. The summed E-state index contributed by atoms with van der Waals surface area (Å²) in [6, 6.07) is 14.3. The van der Waals surface area contributed by atoms with Crippen LogP contribution in [-0.2, 0) is 24.2 Å². The van der Waals surface area contributed by atoms with Gasteiger partial charge in [0.2, 0.25) is 5.91 Å². The summed E-state index contributed by atoms with van der Waals surface area (Å²) in [5.41, 5.74) is 4.32. The number of fused-ring (bicyclic) bond motifs is 1. The quantitative estimate of drug-likeness (QED) is 0.656. The molecule has 0 radical (unpaired) electrons. The Kier molecular flexibility index (Phi) is 5.79. The normalized spacial score (nSPS) is 13.1. The zero-order chi connectivity index (χ0) is 20.1. The summed E-state index contributed by atoms with van der Waals surface area (Å²) in [6.07, 6.45) is 6.30. The molecule has 3 heterocycles. The lowest BCUT2D eigenvalue weighted by Gasteiger charge is -2.28. The fourth-order valence-electron chi connectivity index (χ4n) is 3.62. The number of carbonyl (C=O) groups excluding carboxylic acids is 1. The van der Waals surface area contributed by atoms with E-state index < -0.39 is 0 Å². The highest BCUT2D eigenvalue weighted by Crippen LogP contribution is 2.27. The number of hydrogen-bond acceptors (Lipinski definition) is 5. The predicted molar refractivity (Wildman–Crippen MR) is 113 cm³/mol. The molecule has 1 aliphatic heterocycles. The van der Waals surface area contributed by atoms with Crippen LogP contribution in [0, 0.1) is 0 Å². The van der Waals surface area contributed by atoms with Gasteiger partial charge in [0.25, 0.3) is 0 Å². The van der Waals surface area contributed by atoms with Crippen LogP contribution in [0.3, 0.4) is 0 Å². The molecule has 1 N–H and O–H groups in total. The fraction of sp³-hybridized carbons (Fsp3) is 0.304. The first-order chi connectivity index (χ1) is 14.2. The van der Waals surface area contributed by atoms with Crippen LogP contribution < -0.4 is 5.32 Å². The summed E-state index contributed by atoms with van der Waals surface area (Å²) in [4.78, 5) is 27.4. The average molecular weight is 387 g/mol. The maximum Gasteiger partial charge on any atom is 0.219 e. The zero-order valence-electron chi connectivity index (χ0n) is 16.6. The highest BCUT2D eigenvalue weighted by atomic mass is 16.2. The van der Waals surface area contributed by atoms with Gasteiger partial charge < -0.3 is 10.2 Å². The number of benzene rings is 1. The first-order valence-electron chi connectivity index (χ1n) is 10.0. The third-order valence-electron chi connectivity index (χ3n) is 5.23. The topological polar surface area (TPSA) is 71.0 Å². The molecule has 148 valence electrons. The van der Waals surface area contributed by atoms with Gasteiger partial charge in [0.15, 0.2) is 5.82 Å². The van der Waals surface area contributed by atoms with Gasteiger partial charge in [-0.2, -0.15) is 0 Å². The summed E-state index contributed by atoms with van der Waals surface area (Å²) in [5.74, 6) is 1.64. The van der Waals surface area contributed by atoms with Crippen molar-refractivity contribution in [2.75, 3.05) is 18.4 Å². The number of carbonyl (C=O) groups is 1. The second kappa shape index (κ2) is 8.82. The van der Waals surface area contributed by atoms with E-state index in [9.17, 15) is 4.79 Å². The monoisotopic (exact) mass is 387 g/mol. The molecule has 29 heavy (non-hydrogen) atoms. The van der Waals surface area contributed by atoms with Crippen LogP contribution in [0.1, 0.15) is 30.2 Å². The average Bonchev–Trinajstić information content (AvgIpc) is 2.77. The van der Waals surface area contributed by atoms with Gasteiger partial charge in [0.1, 0.15) is 5.82 Å². The summed E-state index contributed by atoms with van der Waals surface area (Å²) < 4.78 is 0. The van der Waals surface area contributed by atoms with E-state index in [0.29, 0.717) is 18.9 Å². The number of hydrogen-bond donors (Lipinski definition) is 1. The summed E-state index contributed by atoms with van der Waals surface area (Å²) >= 11 is 0. The van der Waals surface area contributed by atoms with Gasteiger partial charge in [-0.1, -0.05) is 30.3 Å². The van der Waals surface area contributed by atoms with Crippen molar-refractivity contribution in [1.82, 2.24) is 19.9 Å². The standard InChI is InChI=1S/C23H25N5O/c1-17(29)28-15-11-20-21(16-28)26-22(19-9-13-24-14-10-19)27-23(20)25-12-5-8-18-6-3-2-4-7-18/h2-4,6-7,9-10,13-14H,5,8,11-12,15-16H2,1H3,(H,25,26,27). The van der Waals surface area contributed by atoms with Crippen molar-refractivity contribution in [3.8, 4) is 11.4 Å². The van der Waals surface area contributed by atoms with Gasteiger partial charge in [0, 0.05) is 43.5 Å². The van der Waals surface area contributed by atoms with Gasteiger partial charge in [-0.25, -0.2) is 9.97 Å². The van der Waals surface area contributed by atoms with Crippen LogP contribution in [0.15, 0.2) is 54.9 Å². The molecule has 0 saturated heterocycles.